The van der Waals surface area contributed by atoms with Gasteiger partial charge in [0, 0.05) is 25.6 Å². The third-order valence-corrected chi connectivity index (χ3v) is 13.3. The lowest BCUT2D eigenvalue weighted by atomic mass is 9.81. The van der Waals surface area contributed by atoms with Crippen LogP contribution in [0.2, 0.25) is 0 Å². The van der Waals surface area contributed by atoms with Crippen LogP contribution >= 0.6 is 11.3 Å². The van der Waals surface area contributed by atoms with Gasteiger partial charge in [0.2, 0.25) is 0 Å². The Morgan fingerprint density at radius 3 is 2.00 bits per heavy atom. The van der Waals surface area contributed by atoms with E-state index in [1.165, 1.54) is 97.0 Å². The second-order valence-corrected chi connectivity index (χ2v) is 16.9. The molecule has 268 valence electrons. The molecule has 8 aromatic rings. The van der Waals surface area contributed by atoms with Gasteiger partial charge in [-0.3, -0.25) is 0 Å². The molecule has 56 heavy (non-hydrogen) atoms. The third kappa shape index (κ3) is 5.41. The smallest absolute Gasteiger partial charge is 0.0361 e. The van der Waals surface area contributed by atoms with E-state index < -0.39 is 0 Å². The molecule has 1 aromatic heterocycles. The van der Waals surface area contributed by atoms with Crippen molar-refractivity contribution >= 4 is 80.5 Å². The molecule has 0 saturated carbocycles. The largest absolute Gasteiger partial charge is 0.135 e. The Labute approximate surface area is 333 Å². The monoisotopic (exact) mass is 734 g/mol. The van der Waals surface area contributed by atoms with E-state index in [2.05, 4.69) is 198 Å². The molecule has 0 fully saturated rings. The van der Waals surface area contributed by atoms with Crippen molar-refractivity contribution < 1.29 is 0 Å². The van der Waals surface area contributed by atoms with Gasteiger partial charge in [-0.25, -0.2) is 0 Å². The van der Waals surface area contributed by atoms with Gasteiger partial charge in [0.15, 0.2) is 0 Å². The van der Waals surface area contributed by atoms with Crippen molar-refractivity contribution in [2.45, 2.75) is 32.6 Å². The highest BCUT2D eigenvalue weighted by Crippen LogP contribution is 2.52. The normalized spacial score (nSPS) is 15.6. The van der Waals surface area contributed by atoms with Crippen LogP contribution in [0.15, 0.2) is 183 Å². The number of allylic oxidation sites excluding steroid dienone is 12. The van der Waals surface area contributed by atoms with E-state index in [9.17, 15) is 0 Å². The first-order valence-electron chi connectivity index (χ1n) is 19.5. The van der Waals surface area contributed by atoms with E-state index in [4.69, 9.17) is 0 Å². The summed E-state index contributed by atoms with van der Waals surface area (Å²) in [5.74, 6) is 0. The predicted molar refractivity (Wildman–Crippen MR) is 248 cm³/mol. The third-order valence-electron chi connectivity index (χ3n) is 12.1. The molecule has 0 nitrogen and oxygen atoms in total. The second-order valence-electron chi connectivity index (χ2n) is 15.8. The van der Waals surface area contributed by atoms with Crippen LogP contribution in [0.25, 0.3) is 80.3 Å². The lowest BCUT2D eigenvalue weighted by Crippen LogP contribution is -2.14. The summed E-state index contributed by atoms with van der Waals surface area (Å²) in [6, 6.07) is 42.8. The van der Waals surface area contributed by atoms with Crippen LogP contribution in [0.3, 0.4) is 0 Å². The molecule has 0 bridgehead atoms. The summed E-state index contributed by atoms with van der Waals surface area (Å²) in [6.45, 7) is 16.2. The van der Waals surface area contributed by atoms with Crippen LogP contribution < -0.4 is 0 Å². The molecule has 7 aromatic carbocycles. The molecule has 2 aliphatic carbocycles. The van der Waals surface area contributed by atoms with Gasteiger partial charge in [-0.2, -0.15) is 0 Å². The Morgan fingerprint density at radius 1 is 0.625 bits per heavy atom. The first-order chi connectivity index (χ1) is 27.3. The Bertz CT molecular complexity index is 3110. The molecular weight excluding hydrogens is 693 g/mol. The number of rotatable bonds is 6. The number of thiophene rings is 1. The molecule has 0 radical (unpaired) electrons. The average Bonchev–Trinajstić information content (AvgIpc) is 3.72. The van der Waals surface area contributed by atoms with Crippen LogP contribution in [0.1, 0.15) is 55.0 Å². The van der Waals surface area contributed by atoms with Gasteiger partial charge in [-0.05, 0) is 137 Å². The van der Waals surface area contributed by atoms with Crippen molar-refractivity contribution in [1.82, 2.24) is 0 Å². The Morgan fingerprint density at radius 2 is 1.29 bits per heavy atom. The summed E-state index contributed by atoms with van der Waals surface area (Å²) in [5.41, 5.74) is 13.3. The maximum absolute atomic E-state index is 4.68. The first kappa shape index (κ1) is 34.2. The Hall–Kier alpha value is -6.28. The molecule has 0 atom stereocenters. The van der Waals surface area contributed by atoms with Crippen molar-refractivity contribution in [2.75, 3.05) is 0 Å². The number of benzene rings is 7. The minimum Gasteiger partial charge on any atom is -0.135 e. The molecule has 1 heterocycles. The number of hydrogen-bond acceptors (Lipinski definition) is 1. The maximum atomic E-state index is 4.68. The SMILES string of the molecule is C=C(/C=C\C(=C)c1c2ccccc2c(/C(C)=C/C=C2/C=CC=CC2)c2ccccc12)c1ccc2c(c1)-c1cc3c(ccc4sc5ccccc5c43)cc1C2(C)C. The molecule has 0 aliphatic heterocycles. The van der Waals surface area contributed by atoms with E-state index >= 15 is 0 Å². The highest BCUT2D eigenvalue weighted by atomic mass is 32.1. The molecule has 0 amide bonds. The molecule has 0 saturated heterocycles. The van der Waals surface area contributed by atoms with Gasteiger partial charge in [0.05, 0.1) is 0 Å². The fraction of sp³-hybridized carbons (Fsp3) is 0.0909. The van der Waals surface area contributed by atoms with Crippen LogP contribution in [-0.2, 0) is 5.41 Å². The molecule has 0 unspecified atom stereocenters. The molecular formula is C55H42S. The van der Waals surface area contributed by atoms with Crippen LogP contribution in [0.4, 0.5) is 0 Å². The van der Waals surface area contributed by atoms with Gasteiger partial charge in [-0.1, -0.05) is 161 Å². The summed E-state index contributed by atoms with van der Waals surface area (Å²) in [5, 5.41) is 10.2. The van der Waals surface area contributed by atoms with E-state index in [0.717, 1.165) is 23.1 Å². The van der Waals surface area contributed by atoms with E-state index in [0.29, 0.717) is 0 Å². The van der Waals surface area contributed by atoms with Crippen molar-refractivity contribution in [3.05, 3.63) is 210 Å². The van der Waals surface area contributed by atoms with E-state index in [1.54, 1.807) is 0 Å². The summed E-state index contributed by atoms with van der Waals surface area (Å²) in [6.07, 6.45) is 18.4. The summed E-state index contributed by atoms with van der Waals surface area (Å²) < 4.78 is 2.68. The van der Waals surface area contributed by atoms with Crippen LogP contribution in [0, 0.1) is 0 Å². The maximum Gasteiger partial charge on any atom is 0.0361 e. The van der Waals surface area contributed by atoms with Gasteiger partial charge in [-0.15, -0.1) is 11.3 Å². The topological polar surface area (TPSA) is 0 Å². The quantitative estimate of drug-likeness (QED) is 0.118. The molecule has 2 aliphatic rings. The van der Waals surface area contributed by atoms with Crippen molar-refractivity contribution in [3.63, 3.8) is 0 Å². The highest BCUT2D eigenvalue weighted by Gasteiger charge is 2.36. The zero-order chi connectivity index (χ0) is 38.1. The summed E-state index contributed by atoms with van der Waals surface area (Å²) in [4.78, 5) is 0. The minimum absolute atomic E-state index is 0.0997. The van der Waals surface area contributed by atoms with Gasteiger partial charge in [0.25, 0.3) is 0 Å². The zero-order valence-corrected chi connectivity index (χ0v) is 32.9. The van der Waals surface area contributed by atoms with E-state index in [1.807, 2.05) is 11.3 Å². The van der Waals surface area contributed by atoms with Gasteiger partial charge >= 0.3 is 0 Å². The Balaban J connectivity index is 1.03. The molecule has 10 rings (SSSR count). The molecule has 0 spiro atoms. The van der Waals surface area contributed by atoms with Gasteiger partial charge < -0.3 is 0 Å². The molecule has 0 N–H and O–H groups in total. The standard InChI is InChI=1S/C55H42S/c1-34(23-24-35(2)52-40-17-9-11-19-42(40)53(43-20-12-10-18-41(43)52)36(3)25-26-37-15-7-6-8-16-37)38-27-29-48-46(31-38)47-33-45-39(32-49(47)55(48,4)5)28-30-51-54(45)44-21-13-14-22-50(44)56-51/h6-15,17-33H,1-2,16H2,3-5H3/b24-23-,36-25+,37-26-. The van der Waals surface area contributed by atoms with Crippen molar-refractivity contribution in [3.8, 4) is 11.1 Å². The average molecular weight is 735 g/mol. The first-order valence-corrected chi connectivity index (χ1v) is 20.3. The predicted octanol–water partition coefficient (Wildman–Crippen LogP) is 15.9. The van der Waals surface area contributed by atoms with Gasteiger partial charge in [0.1, 0.15) is 0 Å². The van der Waals surface area contributed by atoms with Crippen molar-refractivity contribution in [2.24, 2.45) is 0 Å². The fourth-order valence-electron chi connectivity index (χ4n) is 9.24. The summed E-state index contributed by atoms with van der Waals surface area (Å²) >= 11 is 1.88. The highest BCUT2D eigenvalue weighted by molar-refractivity contribution is 7.26. The second kappa shape index (κ2) is 13.2. The minimum atomic E-state index is -0.0997. The number of hydrogen-bond donors (Lipinski definition) is 0. The summed E-state index contributed by atoms with van der Waals surface area (Å²) in [7, 11) is 0. The number of fused-ring (bicyclic) bond motifs is 10. The van der Waals surface area contributed by atoms with E-state index in [-0.39, 0.29) is 5.41 Å². The fourth-order valence-corrected chi connectivity index (χ4v) is 10.4. The van der Waals surface area contributed by atoms with Crippen molar-refractivity contribution in [1.29, 1.82) is 0 Å². The lowest BCUT2D eigenvalue weighted by molar-refractivity contribution is 0.661. The lowest BCUT2D eigenvalue weighted by Gasteiger charge is -2.22. The Kier molecular flexibility index (Phi) is 8.06. The van der Waals surface area contributed by atoms with Crippen LogP contribution in [-0.4, -0.2) is 0 Å². The molecule has 1 heteroatoms. The van der Waals surface area contributed by atoms with Crippen LogP contribution in [0.5, 0.6) is 0 Å². The zero-order valence-electron chi connectivity index (χ0n) is 32.1.